The third kappa shape index (κ3) is 2.55. The maximum Gasteiger partial charge on any atom is 0.191 e. The van der Waals surface area contributed by atoms with Gasteiger partial charge in [-0.05, 0) is 11.6 Å². The lowest BCUT2D eigenvalue weighted by molar-refractivity contribution is 0.867. The van der Waals surface area contributed by atoms with Gasteiger partial charge in [0.1, 0.15) is 0 Å². The molecule has 1 heterocycles. The smallest absolute Gasteiger partial charge is 0.191 e. The zero-order chi connectivity index (χ0) is 10.7. The average Bonchev–Trinajstić information content (AvgIpc) is 2.73. The number of guanidine groups is 1. The summed E-state index contributed by atoms with van der Waals surface area (Å²) in [5.74, 6) is 0.825. The molecule has 0 fully saturated rings. The number of nitrogens with one attached hydrogen (secondary N) is 2. The van der Waals surface area contributed by atoms with E-state index in [2.05, 4.69) is 15.6 Å². The van der Waals surface area contributed by atoms with Crippen LogP contribution in [0.2, 0.25) is 10.0 Å². The lowest BCUT2D eigenvalue weighted by Gasteiger charge is -2.08. The summed E-state index contributed by atoms with van der Waals surface area (Å²) in [6, 6.07) is 5.60. The summed E-state index contributed by atoms with van der Waals surface area (Å²) in [5, 5.41) is 7.47. The van der Waals surface area contributed by atoms with Crippen molar-refractivity contribution in [2.45, 2.75) is 6.54 Å². The standard InChI is InChI=1S/C10H11Cl2N3/c11-8-3-1-2-7(9(8)12)6-15-10-13-4-5-14-10/h1-3H,4-6H2,(H2,13,14,15). The number of benzene rings is 1. The first-order valence-electron chi connectivity index (χ1n) is 4.72. The minimum absolute atomic E-state index is 0.581. The van der Waals surface area contributed by atoms with Crippen molar-refractivity contribution in [3.8, 4) is 0 Å². The first-order chi connectivity index (χ1) is 7.27. The van der Waals surface area contributed by atoms with Crippen molar-refractivity contribution >= 4 is 29.2 Å². The zero-order valence-corrected chi connectivity index (χ0v) is 9.57. The summed E-state index contributed by atoms with van der Waals surface area (Å²) >= 11 is 12.0. The molecular weight excluding hydrogens is 233 g/mol. The number of nitrogens with zero attached hydrogens (tertiary/aromatic N) is 1. The summed E-state index contributed by atoms with van der Waals surface area (Å²) in [5.41, 5.74) is 0.973. The maximum atomic E-state index is 6.05. The third-order valence-electron chi connectivity index (χ3n) is 2.15. The maximum absolute atomic E-state index is 6.05. The van der Waals surface area contributed by atoms with Gasteiger partial charge in [-0.1, -0.05) is 35.3 Å². The van der Waals surface area contributed by atoms with Crippen LogP contribution in [0.3, 0.4) is 0 Å². The molecule has 0 saturated heterocycles. The molecule has 0 atom stereocenters. The van der Waals surface area contributed by atoms with Gasteiger partial charge in [0.25, 0.3) is 0 Å². The molecule has 80 valence electrons. The lowest BCUT2D eigenvalue weighted by atomic mass is 10.2. The van der Waals surface area contributed by atoms with Gasteiger partial charge in [-0.2, -0.15) is 0 Å². The number of halogens is 2. The van der Waals surface area contributed by atoms with Gasteiger partial charge < -0.3 is 10.6 Å². The fraction of sp³-hybridized carbons (Fsp3) is 0.300. The predicted molar refractivity (Wildman–Crippen MR) is 63.6 cm³/mol. The predicted octanol–water partition coefficient (Wildman–Crippen LogP) is 2.04. The van der Waals surface area contributed by atoms with E-state index in [1.54, 1.807) is 6.07 Å². The van der Waals surface area contributed by atoms with Crippen LogP contribution < -0.4 is 10.6 Å². The molecule has 0 amide bonds. The first-order valence-corrected chi connectivity index (χ1v) is 5.48. The molecule has 1 aromatic rings. The largest absolute Gasteiger partial charge is 0.355 e. The highest BCUT2D eigenvalue weighted by atomic mass is 35.5. The quantitative estimate of drug-likeness (QED) is 0.835. The van der Waals surface area contributed by atoms with E-state index < -0.39 is 0 Å². The van der Waals surface area contributed by atoms with Crippen molar-refractivity contribution < 1.29 is 0 Å². The Morgan fingerprint density at radius 3 is 3.00 bits per heavy atom. The van der Waals surface area contributed by atoms with Crippen LogP contribution in [0.15, 0.2) is 23.2 Å². The molecular formula is C10H11Cl2N3. The third-order valence-corrected chi connectivity index (χ3v) is 3.01. The van der Waals surface area contributed by atoms with E-state index >= 15 is 0 Å². The molecule has 0 aliphatic carbocycles. The van der Waals surface area contributed by atoms with Crippen LogP contribution in [0.4, 0.5) is 0 Å². The van der Waals surface area contributed by atoms with Crippen LogP contribution in [-0.4, -0.2) is 19.0 Å². The Morgan fingerprint density at radius 1 is 1.40 bits per heavy atom. The Bertz CT molecular complexity index is 390. The Kier molecular flexibility index (Phi) is 3.34. The molecule has 1 aromatic carbocycles. The summed E-state index contributed by atoms with van der Waals surface area (Å²) in [6.07, 6.45) is 0. The van der Waals surface area contributed by atoms with Crippen LogP contribution in [0.5, 0.6) is 0 Å². The van der Waals surface area contributed by atoms with E-state index in [0.717, 1.165) is 24.6 Å². The molecule has 0 bridgehead atoms. The van der Waals surface area contributed by atoms with Crippen LogP contribution in [0.25, 0.3) is 0 Å². The molecule has 1 aliphatic rings. The first kappa shape index (κ1) is 10.6. The molecule has 2 rings (SSSR count). The number of hydrogen-bond donors (Lipinski definition) is 2. The molecule has 0 radical (unpaired) electrons. The highest BCUT2D eigenvalue weighted by Gasteiger charge is 2.07. The summed E-state index contributed by atoms with van der Waals surface area (Å²) < 4.78 is 0. The van der Waals surface area contributed by atoms with E-state index in [-0.39, 0.29) is 0 Å². The van der Waals surface area contributed by atoms with Gasteiger partial charge in [-0.3, -0.25) is 4.99 Å². The second kappa shape index (κ2) is 4.73. The van der Waals surface area contributed by atoms with E-state index in [9.17, 15) is 0 Å². The minimum atomic E-state index is 0.581. The Balaban J connectivity index is 2.01. The molecule has 15 heavy (non-hydrogen) atoms. The molecule has 5 heteroatoms. The highest BCUT2D eigenvalue weighted by Crippen LogP contribution is 2.25. The number of hydrogen-bond acceptors (Lipinski definition) is 3. The van der Waals surface area contributed by atoms with Crippen molar-refractivity contribution in [2.24, 2.45) is 4.99 Å². The second-order valence-electron chi connectivity index (χ2n) is 3.22. The second-order valence-corrected chi connectivity index (χ2v) is 4.01. The van der Waals surface area contributed by atoms with Gasteiger partial charge in [-0.15, -0.1) is 0 Å². The fourth-order valence-corrected chi connectivity index (χ4v) is 1.77. The van der Waals surface area contributed by atoms with E-state index in [1.165, 1.54) is 0 Å². The van der Waals surface area contributed by atoms with Crippen LogP contribution in [0.1, 0.15) is 5.56 Å². The van der Waals surface area contributed by atoms with Gasteiger partial charge in [-0.25, -0.2) is 0 Å². The van der Waals surface area contributed by atoms with Crippen LogP contribution >= 0.6 is 23.2 Å². The number of rotatable bonds is 2. The van der Waals surface area contributed by atoms with Gasteiger partial charge in [0.15, 0.2) is 5.96 Å². The molecule has 0 unspecified atom stereocenters. The molecule has 0 spiro atoms. The fourth-order valence-electron chi connectivity index (χ4n) is 1.38. The summed E-state index contributed by atoms with van der Waals surface area (Å²) in [4.78, 5) is 4.22. The minimum Gasteiger partial charge on any atom is -0.355 e. The van der Waals surface area contributed by atoms with Crippen molar-refractivity contribution in [1.29, 1.82) is 0 Å². The van der Waals surface area contributed by atoms with Gasteiger partial charge in [0.05, 0.1) is 16.6 Å². The van der Waals surface area contributed by atoms with E-state index in [4.69, 9.17) is 23.2 Å². The molecule has 1 aliphatic heterocycles. The van der Waals surface area contributed by atoms with Crippen LogP contribution in [0, 0.1) is 0 Å². The Labute approximate surface area is 98.5 Å². The normalized spacial score (nSPS) is 14.7. The molecule has 3 nitrogen and oxygen atoms in total. The van der Waals surface area contributed by atoms with E-state index in [1.807, 2.05) is 12.1 Å². The van der Waals surface area contributed by atoms with Gasteiger partial charge in [0, 0.05) is 13.1 Å². The van der Waals surface area contributed by atoms with E-state index in [0.29, 0.717) is 16.6 Å². The molecule has 0 saturated carbocycles. The topological polar surface area (TPSA) is 36.4 Å². The zero-order valence-electron chi connectivity index (χ0n) is 8.06. The Morgan fingerprint density at radius 2 is 2.27 bits per heavy atom. The molecule has 2 N–H and O–H groups in total. The van der Waals surface area contributed by atoms with Crippen molar-refractivity contribution in [2.75, 3.05) is 13.1 Å². The summed E-state index contributed by atoms with van der Waals surface area (Å²) in [7, 11) is 0. The average molecular weight is 244 g/mol. The highest BCUT2D eigenvalue weighted by molar-refractivity contribution is 6.42. The lowest BCUT2D eigenvalue weighted by Crippen LogP contribution is -2.33. The SMILES string of the molecule is Clc1cccc(CNC2=NCCN2)c1Cl. The molecule has 0 aromatic heterocycles. The van der Waals surface area contributed by atoms with Crippen molar-refractivity contribution in [3.63, 3.8) is 0 Å². The monoisotopic (exact) mass is 243 g/mol. The summed E-state index contributed by atoms with van der Waals surface area (Å²) in [6.45, 7) is 2.35. The van der Waals surface area contributed by atoms with Crippen molar-refractivity contribution in [1.82, 2.24) is 10.6 Å². The van der Waals surface area contributed by atoms with Gasteiger partial charge in [0.2, 0.25) is 0 Å². The van der Waals surface area contributed by atoms with Crippen molar-refractivity contribution in [3.05, 3.63) is 33.8 Å². The van der Waals surface area contributed by atoms with Crippen LogP contribution in [-0.2, 0) is 6.54 Å². The van der Waals surface area contributed by atoms with Gasteiger partial charge >= 0.3 is 0 Å². The Hall–Kier alpha value is -0.930. The number of aliphatic imine (C=N–C) groups is 1.